The Morgan fingerprint density at radius 2 is 1.50 bits per heavy atom. The number of nitrogens with one attached hydrogen (secondary N) is 3. The van der Waals surface area contributed by atoms with Crippen LogP contribution in [0.3, 0.4) is 0 Å². The highest BCUT2D eigenvalue weighted by Gasteiger charge is 2.26. The number of anilines is 2. The predicted molar refractivity (Wildman–Crippen MR) is 128 cm³/mol. The molecule has 0 saturated heterocycles. The molecule has 6 nitrogen and oxygen atoms in total. The quantitative estimate of drug-likeness (QED) is 0.409. The molecule has 32 heavy (non-hydrogen) atoms. The number of carbonyl (C=O) groups excluding carboxylic acids is 1. The van der Waals surface area contributed by atoms with Crippen LogP contribution in [-0.4, -0.2) is 10.9 Å². The fourth-order valence-corrected chi connectivity index (χ4v) is 3.39. The largest absolute Gasteiger partial charge is 0.397 e. The van der Waals surface area contributed by atoms with Crippen LogP contribution in [0.1, 0.15) is 21.5 Å². The molecule has 0 aliphatic heterocycles. The molecule has 0 unspecified atom stereocenters. The summed E-state index contributed by atoms with van der Waals surface area (Å²) in [7, 11) is 0. The molecule has 0 radical (unpaired) electrons. The van der Waals surface area contributed by atoms with Crippen LogP contribution in [0.4, 0.5) is 11.4 Å². The zero-order valence-electron chi connectivity index (χ0n) is 17.7. The Bertz CT molecular complexity index is 1200. The minimum absolute atomic E-state index is 0.198. The number of hydrogen-bond donors (Lipinski definition) is 4. The van der Waals surface area contributed by atoms with Crippen molar-refractivity contribution in [2.75, 3.05) is 11.1 Å². The molecular formula is C26H25N5O. The van der Waals surface area contributed by atoms with Crippen molar-refractivity contribution >= 4 is 17.3 Å². The van der Waals surface area contributed by atoms with E-state index in [-0.39, 0.29) is 5.91 Å². The standard InChI is InChI=1S/C26H25N5O/c1-17-18(2)25(30-16-20-6-5-13-28-14-20)24(17)29-15-19-9-11-21(12-10-19)26(32)31-23-8-4-3-7-22(23)27/h3-14,29-30H,1-2,15-16,27H2,(H,31,32). The summed E-state index contributed by atoms with van der Waals surface area (Å²) in [6, 6.07) is 18.6. The third-order valence-electron chi connectivity index (χ3n) is 5.30. The van der Waals surface area contributed by atoms with Crippen molar-refractivity contribution < 1.29 is 4.79 Å². The number of pyridine rings is 1. The van der Waals surface area contributed by atoms with Gasteiger partial charge in [0.25, 0.3) is 5.91 Å². The molecule has 1 aromatic heterocycles. The Morgan fingerprint density at radius 1 is 0.844 bits per heavy atom. The van der Waals surface area contributed by atoms with E-state index in [4.69, 9.17) is 5.73 Å². The second kappa shape index (κ2) is 9.22. The summed E-state index contributed by atoms with van der Waals surface area (Å²) in [5.41, 5.74) is 13.5. The fourth-order valence-electron chi connectivity index (χ4n) is 3.39. The highest BCUT2D eigenvalue weighted by atomic mass is 16.1. The van der Waals surface area contributed by atoms with E-state index in [1.54, 1.807) is 30.5 Å². The lowest BCUT2D eigenvalue weighted by Crippen LogP contribution is -2.32. The van der Waals surface area contributed by atoms with Crippen molar-refractivity contribution in [1.82, 2.24) is 15.6 Å². The van der Waals surface area contributed by atoms with Crippen LogP contribution in [0.15, 0.2) is 109 Å². The number of nitrogens with two attached hydrogens (primary N) is 1. The van der Waals surface area contributed by atoms with E-state index in [0.29, 0.717) is 30.0 Å². The molecule has 1 amide bonds. The van der Waals surface area contributed by atoms with Crippen LogP contribution >= 0.6 is 0 Å². The SMILES string of the molecule is C=C1C(=C)C(NCc2cccnc2)=C1NCc1ccc(C(=O)Nc2ccccc2N)cc1. The van der Waals surface area contributed by atoms with Gasteiger partial charge >= 0.3 is 0 Å². The highest BCUT2D eigenvalue weighted by Crippen LogP contribution is 2.34. The van der Waals surface area contributed by atoms with E-state index in [1.807, 2.05) is 42.6 Å². The van der Waals surface area contributed by atoms with Crippen LogP contribution in [-0.2, 0) is 13.1 Å². The van der Waals surface area contributed by atoms with E-state index < -0.39 is 0 Å². The Hall–Kier alpha value is -4.32. The van der Waals surface area contributed by atoms with Gasteiger partial charge in [-0.25, -0.2) is 0 Å². The van der Waals surface area contributed by atoms with Crippen LogP contribution < -0.4 is 21.7 Å². The van der Waals surface area contributed by atoms with Gasteiger partial charge < -0.3 is 21.7 Å². The number of nitrogen functional groups attached to an aromatic ring is 1. The summed E-state index contributed by atoms with van der Waals surface area (Å²) in [5, 5.41) is 9.67. The van der Waals surface area contributed by atoms with Gasteiger partial charge in [0.05, 0.1) is 22.8 Å². The van der Waals surface area contributed by atoms with E-state index in [2.05, 4.69) is 34.1 Å². The topological polar surface area (TPSA) is 92.1 Å². The fraction of sp³-hybridized carbons (Fsp3) is 0.0769. The number of amides is 1. The second-order valence-electron chi connectivity index (χ2n) is 7.51. The van der Waals surface area contributed by atoms with E-state index >= 15 is 0 Å². The first-order valence-electron chi connectivity index (χ1n) is 10.3. The van der Waals surface area contributed by atoms with Crippen LogP contribution in [0.2, 0.25) is 0 Å². The number of carbonyl (C=O) groups is 1. The van der Waals surface area contributed by atoms with Gasteiger partial charge in [-0.3, -0.25) is 9.78 Å². The molecule has 6 heteroatoms. The lowest BCUT2D eigenvalue weighted by atomic mass is 9.89. The monoisotopic (exact) mass is 423 g/mol. The van der Waals surface area contributed by atoms with Gasteiger partial charge in [-0.2, -0.15) is 0 Å². The normalized spacial score (nSPS) is 12.9. The molecule has 2 aromatic carbocycles. The summed E-state index contributed by atoms with van der Waals surface area (Å²) < 4.78 is 0. The number of nitrogens with zero attached hydrogens (tertiary/aromatic N) is 1. The van der Waals surface area contributed by atoms with Crippen molar-refractivity contribution in [3.8, 4) is 0 Å². The maximum atomic E-state index is 12.5. The average molecular weight is 424 g/mol. The molecule has 5 N–H and O–H groups in total. The molecule has 0 saturated carbocycles. The average Bonchev–Trinajstić information content (AvgIpc) is 2.83. The highest BCUT2D eigenvalue weighted by molar-refractivity contribution is 6.05. The zero-order valence-corrected chi connectivity index (χ0v) is 17.7. The number of para-hydroxylation sites is 2. The minimum atomic E-state index is -0.198. The molecule has 0 bridgehead atoms. The van der Waals surface area contributed by atoms with E-state index in [1.165, 1.54) is 0 Å². The molecule has 1 heterocycles. The minimum Gasteiger partial charge on any atom is -0.397 e. The molecular weight excluding hydrogens is 398 g/mol. The molecule has 0 fully saturated rings. The van der Waals surface area contributed by atoms with Crippen molar-refractivity contribution in [2.45, 2.75) is 13.1 Å². The third kappa shape index (κ3) is 4.54. The first-order chi connectivity index (χ1) is 15.5. The summed E-state index contributed by atoms with van der Waals surface area (Å²) >= 11 is 0. The Morgan fingerprint density at radius 3 is 2.12 bits per heavy atom. The Balaban J connectivity index is 1.36. The first kappa shape index (κ1) is 20.9. The second-order valence-corrected chi connectivity index (χ2v) is 7.51. The summed E-state index contributed by atoms with van der Waals surface area (Å²) in [5.74, 6) is -0.198. The first-order valence-corrected chi connectivity index (χ1v) is 10.3. The van der Waals surface area contributed by atoms with Crippen molar-refractivity contribution in [1.29, 1.82) is 0 Å². The summed E-state index contributed by atoms with van der Waals surface area (Å²) in [4.78, 5) is 16.6. The van der Waals surface area contributed by atoms with Crippen LogP contribution in [0, 0.1) is 0 Å². The predicted octanol–water partition coefficient (Wildman–Crippen LogP) is 4.13. The molecule has 3 aromatic rings. The lowest BCUT2D eigenvalue weighted by Gasteiger charge is -2.31. The third-order valence-corrected chi connectivity index (χ3v) is 5.30. The zero-order chi connectivity index (χ0) is 22.5. The van der Waals surface area contributed by atoms with Crippen LogP contribution in [0.5, 0.6) is 0 Å². The smallest absolute Gasteiger partial charge is 0.255 e. The van der Waals surface area contributed by atoms with Crippen molar-refractivity contribution in [3.05, 3.63) is 125 Å². The van der Waals surface area contributed by atoms with Gasteiger partial charge in [-0.1, -0.05) is 43.5 Å². The number of allylic oxidation sites excluding steroid dienone is 2. The number of aromatic nitrogens is 1. The Labute approximate surface area is 187 Å². The van der Waals surface area contributed by atoms with Gasteiger partial charge in [-0.15, -0.1) is 0 Å². The number of benzene rings is 2. The van der Waals surface area contributed by atoms with Gasteiger partial charge in [0.15, 0.2) is 0 Å². The molecule has 1 aliphatic rings. The number of hydrogen-bond acceptors (Lipinski definition) is 5. The van der Waals surface area contributed by atoms with Crippen LogP contribution in [0.25, 0.3) is 0 Å². The number of rotatable bonds is 8. The lowest BCUT2D eigenvalue weighted by molar-refractivity contribution is 0.102. The van der Waals surface area contributed by atoms with Gasteiger partial charge in [0.2, 0.25) is 0 Å². The van der Waals surface area contributed by atoms with E-state index in [9.17, 15) is 4.79 Å². The molecule has 0 spiro atoms. The maximum absolute atomic E-state index is 12.5. The van der Waals surface area contributed by atoms with Crippen molar-refractivity contribution in [2.24, 2.45) is 0 Å². The molecule has 4 rings (SSSR count). The molecule has 0 atom stereocenters. The molecule has 160 valence electrons. The van der Waals surface area contributed by atoms with Gasteiger partial charge in [0, 0.05) is 42.2 Å². The summed E-state index contributed by atoms with van der Waals surface area (Å²) in [6.07, 6.45) is 3.59. The van der Waals surface area contributed by atoms with Gasteiger partial charge in [0.1, 0.15) is 0 Å². The molecule has 1 aliphatic carbocycles. The van der Waals surface area contributed by atoms with E-state index in [0.717, 1.165) is 33.7 Å². The summed E-state index contributed by atoms with van der Waals surface area (Å²) in [6.45, 7) is 9.44. The van der Waals surface area contributed by atoms with Crippen molar-refractivity contribution in [3.63, 3.8) is 0 Å². The Kier molecular flexibility index (Phi) is 6.03. The van der Waals surface area contributed by atoms with Gasteiger partial charge in [-0.05, 0) is 41.5 Å². The maximum Gasteiger partial charge on any atom is 0.255 e.